The molecule has 0 saturated carbocycles. The minimum Gasteiger partial charge on any atom is -0.379 e. The Morgan fingerprint density at radius 1 is 1.29 bits per heavy atom. The highest BCUT2D eigenvalue weighted by Gasteiger charge is 2.19. The van der Waals surface area contributed by atoms with Crippen LogP contribution in [0.1, 0.15) is 11.1 Å². The van der Waals surface area contributed by atoms with Gasteiger partial charge in [-0.05, 0) is 42.7 Å². The number of nitrogens with one attached hydrogen (secondary N) is 1. The van der Waals surface area contributed by atoms with Crippen molar-refractivity contribution in [2.24, 2.45) is 11.7 Å². The molecule has 2 rings (SSSR count). The highest BCUT2D eigenvalue weighted by molar-refractivity contribution is 5.78. The molecular formula is C17H18FN3O3. The number of aryl methyl sites for hydroxylation is 1. The van der Waals surface area contributed by atoms with Crippen molar-refractivity contribution in [3.8, 4) is 0 Å². The van der Waals surface area contributed by atoms with Crippen LogP contribution in [0.3, 0.4) is 0 Å². The van der Waals surface area contributed by atoms with Gasteiger partial charge in [-0.25, -0.2) is 4.39 Å². The van der Waals surface area contributed by atoms with Crippen molar-refractivity contribution in [1.29, 1.82) is 0 Å². The summed E-state index contributed by atoms with van der Waals surface area (Å²) in [5.74, 6) is -1.46. The van der Waals surface area contributed by atoms with Crippen LogP contribution in [-0.4, -0.2) is 17.4 Å². The van der Waals surface area contributed by atoms with Crippen molar-refractivity contribution < 1.29 is 14.1 Å². The van der Waals surface area contributed by atoms with E-state index in [0.717, 1.165) is 11.1 Å². The van der Waals surface area contributed by atoms with Crippen LogP contribution in [0.4, 0.5) is 15.8 Å². The Kier molecular flexibility index (Phi) is 5.47. The van der Waals surface area contributed by atoms with Gasteiger partial charge in [-0.1, -0.05) is 18.2 Å². The van der Waals surface area contributed by atoms with Crippen molar-refractivity contribution >= 4 is 17.3 Å². The number of primary amides is 1. The fourth-order valence-electron chi connectivity index (χ4n) is 2.35. The SMILES string of the molecule is Cc1ccc(NCC(Cc2ccc(F)cc2)C(N)=O)c([N+](=O)[O-])c1. The van der Waals surface area contributed by atoms with Gasteiger partial charge in [0.25, 0.3) is 5.69 Å². The third-order valence-electron chi connectivity index (χ3n) is 3.69. The van der Waals surface area contributed by atoms with Gasteiger partial charge in [-0.15, -0.1) is 0 Å². The van der Waals surface area contributed by atoms with Crippen molar-refractivity contribution in [2.45, 2.75) is 13.3 Å². The van der Waals surface area contributed by atoms with Crippen LogP contribution in [0.25, 0.3) is 0 Å². The standard InChI is InChI=1S/C17H18FN3O3/c1-11-2-7-15(16(8-11)21(23)24)20-10-13(17(19)22)9-12-3-5-14(18)6-4-12/h2-8,13,20H,9-10H2,1H3,(H2,19,22). The molecule has 3 N–H and O–H groups in total. The maximum absolute atomic E-state index is 12.9. The average molecular weight is 331 g/mol. The Hall–Kier alpha value is -2.96. The van der Waals surface area contributed by atoms with Crippen molar-refractivity contribution in [2.75, 3.05) is 11.9 Å². The lowest BCUT2D eigenvalue weighted by atomic mass is 9.98. The van der Waals surface area contributed by atoms with Crippen LogP contribution in [0, 0.1) is 28.8 Å². The van der Waals surface area contributed by atoms with Crippen LogP contribution < -0.4 is 11.1 Å². The van der Waals surface area contributed by atoms with Crippen LogP contribution in [-0.2, 0) is 11.2 Å². The third-order valence-corrected chi connectivity index (χ3v) is 3.69. The molecule has 0 heterocycles. The van der Waals surface area contributed by atoms with Gasteiger partial charge in [-0.2, -0.15) is 0 Å². The van der Waals surface area contributed by atoms with Crippen LogP contribution >= 0.6 is 0 Å². The first-order valence-electron chi connectivity index (χ1n) is 7.39. The topological polar surface area (TPSA) is 98.3 Å². The molecule has 126 valence electrons. The summed E-state index contributed by atoms with van der Waals surface area (Å²) >= 11 is 0. The number of rotatable bonds is 7. The molecule has 1 unspecified atom stereocenters. The molecule has 24 heavy (non-hydrogen) atoms. The van der Waals surface area contributed by atoms with E-state index >= 15 is 0 Å². The van der Waals surface area contributed by atoms with E-state index < -0.39 is 16.7 Å². The molecular weight excluding hydrogens is 313 g/mol. The summed E-state index contributed by atoms with van der Waals surface area (Å²) in [5, 5.41) is 14.0. The lowest BCUT2D eigenvalue weighted by Crippen LogP contribution is -2.31. The molecule has 0 saturated heterocycles. The molecule has 0 aromatic heterocycles. The van der Waals surface area contributed by atoms with E-state index in [9.17, 15) is 19.3 Å². The number of benzene rings is 2. The largest absolute Gasteiger partial charge is 0.379 e. The summed E-state index contributed by atoms with van der Waals surface area (Å²) < 4.78 is 12.9. The molecule has 7 heteroatoms. The zero-order chi connectivity index (χ0) is 17.7. The first kappa shape index (κ1) is 17.4. The predicted molar refractivity (Wildman–Crippen MR) is 89.1 cm³/mol. The third kappa shape index (κ3) is 4.52. The number of carbonyl (C=O) groups is 1. The van der Waals surface area contributed by atoms with Crippen LogP contribution in [0.5, 0.6) is 0 Å². The second-order valence-electron chi connectivity index (χ2n) is 5.59. The number of nitrogens with zero attached hydrogens (tertiary/aromatic N) is 1. The smallest absolute Gasteiger partial charge is 0.292 e. The molecule has 0 fully saturated rings. The Morgan fingerprint density at radius 3 is 2.54 bits per heavy atom. The van der Waals surface area contributed by atoms with Gasteiger partial charge in [0.05, 0.1) is 10.8 Å². The Bertz CT molecular complexity index is 747. The van der Waals surface area contributed by atoms with Gasteiger partial charge in [0.1, 0.15) is 11.5 Å². The molecule has 0 aliphatic rings. The van der Waals surface area contributed by atoms with Crippen molar-refractivity contribution in [3.05, 3.63) is 69.5 Å². The Balaban J connectivity index is 2.10. The van der Waals surface area contributed by atoms with Gasteiger partial charge < -0.3 is 11.1 Å². The minimum atomic E-state index is -0.573. The summed E-state index contributed by atoms with van der Waals surface area (Å²) in [4.78, 5) is 22.3. The molecule has 6 nitrogen and oxygen atoms in total. The van der Waals surface area contributed by atoms with E-state index in [1.54, 1.807) is 31.2 Å². The van der Waals surface area contributed by atoms with Crippen LogP contribution in [0.15, 0.2) is 42.5 Å². The molecule has 0 radical (unpaired) electrons. The normalized spacial score (nSPS) is 11.8. The van der Waals surface area contributed by atoms with E-state index in [0.29, 0.717) is 12.1 Å². The predicted octanol–water partition coefficient (Wildman–Crippen LogP) is 2.80. The fraction of sp³-hybridized carbons (Fsp3) is 0.235. The van der Waals surface area contributed by atoms with Gasteiger partial charge >= 0.3 is 0 Å². The molecule has 0 aliphatic heterocycles. The van der Waals surface area contributed by atoms with Crippen molar-refractivity contribution in [3.63, 3.8) is 0 Å². The number of nitro groups is 1. The molecule has 1 amide bonds. The average Bonchev–Trinajstić information content (AvgIpc) is 2.53. The molecule has 1 atom stereocenters. The summed E-state index contributed by atoms with van der Waals surface area (Å²) in [6.07, 6.45) is 0.322. The molecule has 0 spiro atoms. The highest BCUT2D eigenvalue weighted by atomic mass is 19.1. The summed E-state index contributed by atoms with van der Waals surface area (Å²) in [5.41, 5.74) is 7.22. The minimum absolute atomic E-state index is 0.0556. The van der Waals surface area contributed by atoms with E-state index in [-0.39, 0.29) is 18.0 Å². The lowest BCUT2D eigenvalue weighted by molar-refractivity contribution is -0.384. The monoisotopic (exact) mass is 331 g/mol. The van der Waals surface area contributed by atoms with Gasteiger partial charge in [0.2, 0.25) is 5.91 Å². The van der Waals surface area contributed by atoms with E-state index in [4.69, 9.17) is 5.73 Å². The maximum atomic E-state index is 12.9. The van der Waals surface area contributed by atoms with Gasteiger partial charge in [0.15, 0.2) is 0 Å². The van der Waals surface area contributed by atoms with E-state index in [1.807, 2.05) is 0 Å². The summed E-state index contributed by atoms with van der Waals surface area (Å²) in [6.45, 7) is 1.91. The Morgan fingerprint density at radius 2 is 1.96 bits per heavy atom. The quantitative estimate of drug-likeness (QED) is 0.602. The second kappa shape index (κ2) is 7.54. The van der Waals surface area contributed by atoms with Gasteiger partial charge in [0, 0.05) is 12.6 Å². The molecule has 2 aromatic carbocycles. The lowest BCUT2D eigenvalue weighted by Gasteiger charge is -2.15. The van der Waals surface area contributed by atoms with E-state index in [2.05, 4.69) is 5.32 Å². The number of anilines is 1. The number of carbonyl (C=O) groups excluding carboxylic acids is 1. The zero-order valence-corrected chi connectivity index (χ0v) is 13.2. The number of halogens is 1. The van der Waals surface area contributed by atoms with Crippen LogP contribution in [0.2, 0.25) is 0 Å². The second-order valence-corrected chi connectivity index (χ2v) is 5.59. The first-order chi connectivity index (χ1) is 11.4. The van der Waals surface area contributed by atoms with E-state index in [1.165, 1.54) is 18.2 Å². The number of hydrogen-bond acceptors (Lipinski definition) is 4. The van der Waals surface area contributed by atoms with Gasteiger partial charge in [-0.3, -0.25) is 14.9 Å². The highest BCUT2D eigenvalue weighted by Crippen LogP contribution is 2.25. The zero-order valence-electron chi connectivity index (χ0n) is 13.2. The molecule has 0 bridgehead atoms. The number of amides is 1. The molecule has 2 aromatic rings. The first-order valence-corrected chi connectivity index (χ1v) is 7.39. The number of nitro benzene ring substituents is 1. The fourth-order valence-corrected chi connectivity index (χ4v) is 2.35. The Labute approximate surface area is 138 Å². The summed E-state index contributed by atoms with van der Waals surface area (Å²) in [6, 6.07) is 10.6. The number of hydrogen-bond donors (Lipinski definition) is 2. The number of nitrogens with two attached hydrogens (primary N) is 1. The maximum Gasteiger partial charge on any atom is 0.292 e. The summed E-state index contributed by atoms with van der Waals surface area (Å²) in [7, 11) is 0. The van der Waals surface area contributed by atoms with Crippen molar-refractivity contribution in [1.82, 2.24) is 0 Å². The molecule has 0 aliphatic carbocycles.